The maximum atomic E-state index is 11.1. The Balaban J connectivity index is 3.28. The molecule has 6 nitrogen and oxygen atoms in total. The molecule has 0 fully saturated rings. The minimum atomic E-state index is -0.524. The molecule has 2 amide bonds. The minimum Gasteiger partial charge on any atom is -0.370 e. The fourth-order valence-corrected chi connectivity index (χ4v) is 0.729. The predicted molar refractivity (Wildman–Crippen MR) is 54.1 cm³/mol. The molecule has 0 unspecified atom stereocenters. The second kappa shape index (κ2) is 8.19. The van der Waals surface area contributed by atoms with E-state index in [1.807, 2.05) is 13.8 Å². The van der Waals surface area contributed by atoms with Crippen LogP contribution in [-0.2, 0) is 19.1 Å². The van der Waals surface area contributed by atoms with Crippen LogP contribution in [0.25, 0.3) is 0 Å². The Labute approximate surface area is 89.1 Å². The minimum absolute atomic E-state index is 0.0295. The summed E-state index contributed by atoms with van der Waals surface area (Å²) in [5.41, 5.74) is 4.84. The van der Waals surface area contributed by atoms with Crippen LogP contribution in [0, 0.1) is 0 Å². The monoisotopic (exact) mass is 218 g/mol. The van der Waals surface area contributed by atoms with Crippen molar-refractivity contribution in [2.45, 2.75) is 20.0 Å². The molecule has 0 atom stereocenters. The SMILES string of the molecule is CC(C)OCC(=O)NCCOCC(N)=O. The molecule has 0 aromatic heterocycles. The van der Waals surface area contributed by atoms with Gasteiger partial charge in [0, 0.05) is 6.54 Å². The van der Waals surface area contributed by atoms with E-state index in [4.69, 9.17) is 15.2 Å². The van der Waals surface area contributed by atoms with Crippen molar-refractivity contribution < 1.29 is 19.1 Å². The summed E-state index contributed by atoms with van der Waals surface area (Å²) in [5.74, 6) is -0.726. The Morgan fingerprint density at radius 3 is 2.53 bits per heavy atom. The maximum Gasteiger partial charge on any atom is 0.246 e. The topological polar surface area (TPSA) is 90.7 Å². The van der Waals surface area contributed by atoms with E-state index in [0.717, 1.165) is 0 Å². The first-order chi connectivity index (χ1) is 7.02. The fraction of sp³-hybridized carbons (Fsp3) is 0.778. The van der Waals surface area contributed by atoms with E-state index in [9.17, 15) is 9.59 Å². The molecule has 15 heavy (non-hydrogen) atoms. The molecule has 6 heteroatoms. The van der Waals surface area contributed by atoms with Gasteiger partial charge in [0.15, 0.2) is 0 Å². The molecule has 0 bridgehead atoms. The molecular weight excluding hydrogens is 200 g/mol. The molecule has 0 aliphatic rings. The lowest BCUT2D eigenvalue weighted by atomic mass is 10.5. The summed E-state index contributed by atoms with van der Waals surface area (Å²) in [6.45, 7) is 4.21. The van der Waals surface area contributed by atoms with Gasteiger partial charge in [-0.3, -0.25) is 9.59 Å². The first kappa shape index (κ1) is 13.9. The van der Waals surface area contributed by atoms with Crippen molar-refractivity contribution in [3.8, 4) is 0 Å². The summed E-state index contributed by atoms with van der Waals surface area (Å²) in [5, 5.41) is 2.57. The number of amides is 2. The molecular formula is C9H18N2O4. The third kappa shape index (κ3) is 10.8. The van der Waals surface area contributed by atoms with Crippen molar-refractivity contribution in [3.63, 3.8) is 0 Å². The van der Waals surface area contributed by atoms with Crippen LogP contribution >= 0.6 is 0 Å². The molecule has 0 aromatic rings. The lowest BCUT2D eigenvalue weighted by Gasteiger charge is -2.08. The van der Waals surface area contributed by atoms with Crippen LogP contribution in [0.1, 0.15) is 13.8 Å². The van der Waals surface area contributed by atoms with Gasteiger partial charge in [0.2, 0.25) is 11.8 Å². The highest BCUT2D eigenvalue weighted by molar-refractivity contribution is 5.77. The van der Waals surface area contributed by atoms with Crippen LogP contribution in [0.3, 0.4) is 0 Å². The normalized spacial score (nSPS) is 10.3. The van der Waals surface area contributed by atoms with Gasteiger partial charge in [-0.2, -0.15) is 0 Å². The van der Waals surface area contributed by atoms with Gasteiger partial charge in [-0.25, -0.2) is 0 Å². The highest BCUT2D eigenvalue weighted by atomic mass is 16.5. The summed E-state index contributed by atoms with van der Waals surface area (Å²) < 4.78 is 9.91. The molecule has 0 saturated carbocycles. The van der Waals surface area contributed by atoms with Gasteiger partial charge in [0.1, 0.15) is 13.2 Å². The summed E-state index contributed by atoms with van der Waals surface area (Å²) in [7, 11) is 0. The van der Waals surface area contributed by atoms with Crippen molar-refractivity contribution in [1.29, 1.82) is 0 Å². The van der Waals surface area contributed by atoms with Crippen LogP contribution in [0.4, 0.5) is 0 Å². The van der Waals surface area contributed by atoms with Crippen LogP contribution < -0.4 is 11.1 Å². The molecule has 3 N–H and O–H groups in total. The number of rotatable bonds is 8. The number of nitrogens with one attached hydrogen (secondary N) is 1. The van der Waals surface area contributed by atoms with E-state index < -0.39 is 5.91 Å². The first-order valence-electron chi connectivity index (χ1n) is 4.76. The van der Waals surface area contributed by atoms with Crippen molar-refractivity contribution in [3.05, 3.63) is 0 Å². The number of carbonyl (C=O) groups excluding carboxylic acids is 2. The number of hydrogen-bond acceptors (Lipinski definition) is 4. The molecule has 0 aliphatic heterocycles. The zero-order valence-corrected chi connectivity index (χ0v) is 9.12. The first-order valence-corrected chi connectivity index (χ1v) is 4.76. The highest BCUT2D eigenvalue weighted by Crippen LogP contribution is 1.85. The third-order valence-corrected chi connectivity index (χ3v) is 1.36. The summed E-state index contributed by atoms with van der Waals surface area (Å²) in [6.07, 6.45) is 0.0295. The Morgan fingerprint density at radius 1 is 1.33 bits per heavy atom. The van der Waals surface area contributed by atoms with Crippen LogP contribution in [0.5, 0.6) is 0 Å². The lowest BCUT2D eigenvalue weighted by Crippen LogP contribution is -2.32. The van der Waals surface area contributed by atoms with Gasteiger partial charge < -0.3 is 20.5 Å². The average molecular weight is 218 g/mol. The lowest BCUT2D eigenvalue weighted by molar-refractivity contribution is -0.127. The van der Waals surface area contributed by atoms with E-state index in [1.165, 1.54) is 0 Å². The van der Waals surface area contributed by atoms with Crippen molar-refractivity contribution in [2.75, 3.05) is 26.4 Å². The van der Waals surface area contributed by atoms with Gasteiger partial charge >= 0.3 is 0 Å². The standard InChI is InChI=1S/C9H18N2O4/c1-7(2)15-6-9(13)11-3-4-14-5-8(10)12/h7H,3-6H2,1-2H3,(H2,10,12)(H,11,13). The number of primary amides is 1. The van der Waals surface area contributed by atoms with E-state index in [1.54, 1.807) is 0 Å². The quantitative estimate of drug-likeness (QED) is 0.513. The zero-order valence-electron chi connectivity index (χ0n) is 9.12. The van der Waals surface area contributed by atoms with Gasteiger partial charge in [-0.05, 0) is 13.8 Å². The van der Waals surface area contributed by atoms with Crippen LogP contribution in [-0.4, -0.2) is 44.3 Å². The second-order valence-corrected chi connectivity index (χ2v) is 3.23. The molecule has 0 rings (SSSR count). The molecule has 88 valence electrons. The summed E-state index contributed by atoms with van der Waals surface area (Å²) >= 11 is 0. The predicted octanol–water partition coefficient (Wildman–Crippen LogP) is -0.970. The van der Waals surface area contributed by atoms with Crippen molar-refractivity contribution in [1.82, 2.24) is 5.32 Å². The largest absolute Gasteiger partial charge is 0.370 e. The average Bonchev–Trinajstić information content (AvgIpc) is 2.13. The van der Waals surface area contributed by atoms with E-state index >= 15 is 0 Å². The molecule has 0 spiro atoms. The van der Waals surface area contributed by atoms with Gasteiger partial charge in [0.25, 0.3) is 0 Å². The van der Waals surface area contributed by atoms with Gasteiger partial charge in [-0.1, -0.05) is 0 Å². The maximum absolute atomic E-state index is 11.1. The zero-order chi connectivity index (χ0) is 11.7. The van der Waals surface area contributed by atoms with E-state index in [2.05, 4.69) is 5.32 Å². The number of nitrogens with two attached hydrogens (primary N) is 1. The highest BCUT2D eigenvalue weighted by Gasteiger charge is 2.02. The van der Waals surface area contributed by atoms with E-state index in [0.29, 0.717) is 6.54 Å². The van der Waals surface area contributed by atoms with Gasteiger partial charge in [0.05, 0.1) is 12.7 Å². The fourth-order valence-electron chi connectivity index (χ4n) is 0.729. The van der Waals surface area contributed by atoms with Crippen molar-refractivity contribution in [2.24, 2.45) is 5.73 Å². The molecule has 0 radical (unpaired) electrons. The molecule has 0 saturated heterocycles. The molecule has 0 aliphatic carbocycles. The Bertz CT molecular complexity index is 206. The number of hydrogen-bond donors (Lipinski definition) is 2. The van der Waals surface area contributed by atoms with Crippen molar-refractivity contribution >= 4 is 11.8 Å². The molecule has 0 heterocycles. The number of ether oxygens (including phenoxy) is 2. The number of carbonyl (C=O) groups is 2. The summed E-state index contributed by atoms with van der Waals surface area (Å²) in [6, 6.07) is 0. The van der Waals surface area contributed by atoms with Crippen LogP contribution in [0.15, 0.2) is 0 Å². The van der Waals surface area contributed by atoms with Crippen LogP contribution in [0.2, 0.25) is 0 Å². The second-order valence-electron chi connectivity index (χ2n) is 3.23. The van der Waals surface area contributed by atoms with Gasteiger partial charge in [-0.15, -0.1) is 0 Å². The summed E-state index contributed by atoms with van der Waals surface area (Å²) in [4.78, 5) is 21.3. The third-order valence-electron chi connectivity index (χ3n) is 1.36. The Morgan fingerprint density at radius 2 is 2.00 bits per heavy atom. The smallest absolute Gasteiger partial charge is 0.246 e. The Hall–Kier alpha value is -1.14. The van der Waals surface area contributed by atoms with E-state index in [-0.39, 0.29) is 31.8 Å². The molecule has 0 aromatic carbocycles. The Kier molecular flexibility index (Phi) is 7.57.